The standard InChI is InChI=1S/C11H11OP/c1-2-13(12)9-5-7-10-6-3-4-8-11(10)13/h2-8H,1,9H2. The zero-order chi connectivity index (χ0) is 9.31. The van der Waals surface area contributed by atoms with E-state index in [-0.39, 0.29) is 0 Å². The van der Waals surface area contributed by atoms with Crippen LogP contribution in [0.1, 0.15) is 5.56 Å². The molecule has 13 heavy (non-hydrogen) atoms. The number of hydrogen-bond acceptors (Lipinski definition) is 1. The van der Waals surface area contributed by atoms with Crippen molar-refractivity contribution in [1.82, 2.24) is 0 Å². The van der Waals surface area contributed by atoms with Gasteiger partial charge in [-0.3, -0.25) is 0 Å². The van der Waals surface area contributed by atoms with E-state index in [1.54, 1.807) is 5.82 Å². The second-order valence-corrected chi connectivity index (χ2v) is 5.93. The highest BCUT2D eigenvalue weighted by atomic mass is 31.2. The largest absolute Gasteiger partial charge is 0.314 e. The summed E-state index contributed by atoms with van der Waals surface area (Å²) in [4.78, 5) is 0. The summed E-state index contributed by atoms with van der Waals surface area (Å²) in [5.74, 6) is 1.61. The summed E-state index contributed by atoms with van der Waals surface area (Å²) in [6.07, 6.45) is 4.60. The topological polar surface area (TPSA) is 17.1 Å². The molecule has 0 bridgehead atoms. The SMILES string of the molecule is C=CP1(=O)CC=Cc2ccccc21. The average Bonchev–Trinajstić information content (AvgIpc) is 2.19. The van der Waals surface area contributed by atoms with Gasteiger partial charge in [-0.1, -0.05) is 43.0 Å². The van der Waals surface area contributed by atoms with Gasteiger partial charge in [-0.05, 0) is 11.4 Å². The lowest BCUT2D eigenvalue weighted by atomic mass is 10.2. The van der Waals surface area contributed by atoms with Crippen LogP contribution in [0.4, 0.5) is 0 Å². The number of benzene rings is 1. The second kappa shape index (κ2) is 3.01. The molecular weight excluding hydrogens is 179 g/mol. The van der Waals surface area contributed by atoms with Crippen LogP contribution in [0.3, 0.4) is 0 Å². The fraction of sp³-hybridized carbons (Fsp3) is 0.0909. The molecule has 2 rings (SSSR count). The van der Waals surface area contributed by atoms with Crippen LogP contribution in [0.15, 0.2) is 42.7 Å². The number of allylic oxidation sites excluding steroid dienone is 1. The molecule has 1 unspecified atom stereocenters. The molecule has 0 fully saturated rings. The molecule has 1 aromatic rings. The number of fused-ring (bicyclic) bond motifs is 1. The van der Waals surface area contributed by atoms with Gasteiger partial charge in [0.05, 0.1) is 0 Å². The minimum Gasteiger partial charge on any atom is -0.314 e. The van der Waals surface area contributed by atoms with Crippen molar-refractivity contribution in [2.75, 3.05) is 6.16 Å². The van der Waals surface area contributed by atoms with Crippen LogP contribution in [0.25, 0.3) is 6.08 Å². The first kappa shape index (κ1) is 8.52. The second-order valence-electron chi connectivity index (χ2n) is 3.12. The lowest BCUT2D eigenvalue weighted by Crippen LogP contribution is -2.11. The summed E-state index contributed by atoms with van der Waals surface area (Å²) < 4.78 is 12.3. The molecule has 0 radical (unpaired) electrons. The Balaban J connectivity index is 2.69. The maximum atomic E-state index is 12.3. The van der Waals surface area contributed by atoms with Crippen molar-refractivity contribution in [3.05, 3.63) is 48.3 Å². The van der Waals surface area contributed by atoms with Gasteiger partial charge >= 0.3 is 0 Å². The lowest BCUT2D eigenvalue weighted by molar-refractivity contribution is 0.588. The van der Waals surface area contributed by atoms with Gasteiger partial charge in [-0.2, -0.15) is 0 Å². The molecule has 1 nitrogen and oxygen atoms in total. The first-order valence-corrected chi connectivity index (χ1v) is 6.21. The van der Waals surface area contributed by atoms with E-state index < -0.39 is 7.14 Å². The summed E-state index contributed by atoms with van der Waals surface area (Å²) in [6, 6.07) is 7.80. The Morgan fingerprint density at radius 2 is 2.15 bits per heavy atom. The monoisotopic (exact) mass is 190 g/mol. The summed E-state index contributed by atoms with van der Waals surface area (Å²) >= 11 is 0. The molecule has 0 saturated carbocycles. The van der Waals surface area contributed by atoms with Gasteiger partial charge in [0.1, 0.15) is 7.14 Å². The zero-order valence-electron chi connectivity index (χ0n) is 7.31. The Hall–Kier alpha value is -1.07. The molecule has 1 aliphatic heterocycles. The van der Waals surface area contributed by atoms with E-state index in [1.165, 1.54) is 0 Å². The molecule has 1 heterocycles. The van der Waals surface area contributed by atoms with Gasteiger partial charge in [-0.25, -0.2) is 0 Å². The molecule has 0 N–H and O–H groups in total. The van der Waals surface area contributed by atoms with Crippen LogP contribution in [-0.4, -0.2) is 6.16 Å². The molecule has 0 amide bonds. The van der Waals surface area contributed by atoms with Crippen LogP contribution in [0.2, 0.25) is 0 Å². The van der Waals surface area contributed by atoms with Gasteiger partial charge in [0.15, 0.2) is 0 Å². The molecule has 0 aromatic heterocycles. The van der Waals surface area contributed by atoms with E-state index in [0.29, 0.717) is 6.16 Å². The van der Waals surface area contributed by atoms with Crippen molar-refractivity contribution in [2.24, 2.45) is 0 Å². The lowest BCUT2D eigenvalue weighted by Gasteiger charge is -2.18. The third kappa shape index (κ3) is 1.30. The van der Waals surface area contributed by atoms with Gasteiger partial charge in [-0.15, -0.1) is 0 Å². The van der Waals surface area contributed by atoms with E-state index in [1.807, 2.05) is 36.4 Å². The Kier molecular flexibility index (Phi) is 1.97. The van der Waals surface area contributed by atoms with E-state index in [2.05, 4.69) is 6.58 Å². The van der Waals surface area contributed by atoms with E-state index in [4.69, 9.17) is 0 Å². The highest BCUT2D eigenvalue weighted by Gasteiger charge is 2.23. The Bertz CT molecular complexity index is 418. The molecule has 66 valence electrons. The minimum absolute atomic E-state index is 0.619. The van der Waals surface area contributed by atoms with Crippen molar-refractivity contribution < 1.29 is 4.57 Å². The van der Waals surface area contributed by atoms with Gasteiger partial charge in [0.25, 0.3) is 0 Å². The summed E-state index contributed by atoms with van der Waals surface area (Å²) in [6.45, 7) is 3.66. The number of rotatable bonds is 1. The van der Waals surface area contributed by atoms with Gasteiger partial charge in [0.2, 0.25) is 0 Å². The molecule has 1 atom stereocenters. The van der Waals surface area contributed by atoms with Crippen molar-refractivity contribution >= 4 is 18.5 Å². The van der Waals surface area contributed by atoms with E-state index >= 15 is 0 Å². The predicted octanol–water partition coefficient (Wildman–Crippen LogP) is 2.85. The first-order valence-electron chi connectivity index (χ1n) is 4.25. The highest BCUT2D eigenvalue weighted by Crippen LogP contribution is 2.48. The highest BCUT2D eigenvalue weighted by molar-refractivity contribution is 7.74. The van der Waals surface area contributed by atoms with Crippen LogP contribution >= 0.6 is 7.14 Å². The van der Waals surface area contributed by atoms with Crippen LogP contribution in [0, 0.1) is 0 Å². The summed E-state index contributed by atoms with van der Waals surface area (Å²) in [5.41, 5.74) is 1.07. The molecule has 1 aromatic carbocycles. The average molecular weight is 190 g/mol. The molecule has 0 spiro atoms. The first-order chi connectivity index (χ1) is 6.26. The smallest absolute Gasteiger partial charge is 0.139 e. The van der Waals surface area contributed by atoms with Crippen molar-refractivity contribution in [3.8, 4) is 0 Å². The van der Waals surface area contributed by atoms with Crippen molar-refractivity contribution in [3.63, 3.8) is 0 Å². The fourth-order valence-corrected chi connectivity index (χ4v) is 3.47. The predicted molar refractivity (Wildman–Crippen MR) is 57.8 cm³/mol. The third-order valence-corrected chi connectivity index (χ3v) is 4.88. The molecule has 0 aliphatic carbocycles. The number of hydrogen-bond donors (Lipinski definition) is 0. The van der Waals surface area contributed by atoms with E-state index in [9.17, 15) is 4.57 Å². The minimum atomic E-state index is -2.31. The molecular formula is C11H11OP. The normalized spacial score (nSPS) is 25.2. The van der Waals surface area contributed by atoms with Crippen LogP contribution in [0.5, 0.6) is 0 Å². The van der Waals surface area contributed by atoms with Crippen molar-refractivity contribution in [1.29, 1.82) is 0 Å². The Labute approximate surface area is 78.2 Å². The maximum absolute atomic E-state index is 12.3. The Morgan fingerprint density at radius 1 is 1.38 bits per heavy atom. The van der Waals surface area contributed by atoms with E-state index in [0.717, 1.165) is 10.9 Å². The molecule has 1 aliphatic rings. The van der Waals surface area contributed by atoms with Gasteiger partial charge in [0, 0.05) is 11.5 Å². The Morgan fingerprint density at radius 3 is 2.92 bits per heavy atom. The molecule has 2 heteroatoms. The fourth-order valence-electron chi connectivity index (χ4n) is 1.58. The zero-order valence-corrected chi connectivity index (χ0v) is 8.21. The quantitative estimate of drug-likeness (QED) is 0.622. The van der Waals surface area contributed by atoms with Gasteiger partial charge < -0.3 is 4.57 Å². The van der Waals surface area contributed by atoms with Crippen molar-refractivity contribution in [2.45, 2.75) is 0 Å². The van der Waals surface area contributed by atoms with Crippen LogP contribution in [-0.2, 0) is 4.57 Å². The maximum Gasteiger partial charge on any atom is 0.139 e. The third-order valence-electron chi connectivity index (χ3n) is 2.31. The summed E-state index contributed by atoms with van der Waals surface area (Å²) in [7, 11) is -2.31. The summed E-state index contributed by atoms with van der Waals surface area (Å²) in [5, 5.41) is 0.951. The molecule has 0 saturated heterocycles. The van der Waals surface area contributed by atoms with Crippen LogP contribution < -0.4 is 5.30 Å².